The van der Waals surface area contributed by atoms with Crippen molar-refractivity contribution in [1.82, 2.24) is 0 Å². The molecule has 0 aliphatic rings. The molecule has 3 aromatic rings. The van der Waals surface area contributed by atoms with E-state index < -0.39 is 0 Å². The molecule has 0 aromatic heterocycles. The molecule has 0 spiro atoms. The average molecular weight is 398 g/mol. The Morgan fingerprint density at radius 3 is 2.30 bits per heavy atom. The molecule has 0 heterocycles. The summed E-state index contributed by atoms with van der Waals surface area (Å²) in [6.45, 7) is 4.20. The van der Waals surface area contributed by atoms with Gasteiger partial charge in [0.2, 0.25) is 5.91 Å². The number of carbonyl (C=O) groups excluding carboxylic acids is 1. The fraction of sp³-hybridized carbons (Fsp3) is 0.136. The summed E-state index contributed by atoms with van der Waals surface area (Å²) in [7, 11) is 0. The standard InChI is InChI=1S/C22H20FNOS2/c1-15-3-4-16(2)21(13-15)27-20-11-7-18(8-12-20)24-22(25)14-26-19-9-5-17(23)6-10-19/h3-13H,14H2,1-2H3,(H,24,25). The molecule has 0 aliphatic carbocycles. The number of amides is 1. The number of thioether (sulfide) groups is 1. The summed E-state index contributed by atoms with van der Waals surface area (Å²) >= 11 is 3.10. The number of aryl methyl sites for hydroxylation is 2. The Morgan fingerprint density at radius 1 is 0.926 bits per heavy atom. The van der Waals surface area contributed by atoms with Gasteiger partial charge in [-0.1, -0.05) is 23.9 Å². The highest BCUT2D eigenvalue weighted by atomic mass is 32.2. The molecule has 1 amide bonds. The Hall–Kier alpha value is -2.24. The molecule has 27 heavy (non-hydrogen) atoms. The molecule has 0 unspecified atom stereocenters. The van der Waals surface area contributed by atoms with E-state index in [9.17, 15) is 9.18 Å². The van der Waals surface area contributed by atoms with Crippen LogP contribution in [0, 0.1) is 19.7 Å². The molecule has 0 saturated carbocycles. The zero-order chi connectivity index (χ0) is 19.2. The number of benzene rings is 3. The van der Waals surface area contributed by atoms with Crippen LogP contribution in [0.2, 0.25) is 0 Å². The maximum atomic E-state index is 12.9. The number of anilines is 1. The van der Waals surface area contributed by atoms with E-state index in [4.69, 9.17) is 0 Å². The van der Waals surface area contributed by atoms with Gasteiger partial charge in [0, 0.05) is 20.4 Å². The maximum absolute atomic E-state index is 12.9. The van der Waals surface area contributed by atoms with Crippen molar-refractivity contribution in [3.05, 3.63) is 83.7 Å². The molecule has 2 nitrogen and oxygen atoms in total. The Labute approximate surface area is 167 Å². The van der Waals surface area contributed by atoms with Crippen LogP contribution in [0.5, 0.6) is 0 Å². The predicted octanol–water partition coefficient (Wildman–Crippen LogP) is 6.32. The van der Waals surface area contributed by atoms with Crippen molar-refractivity contribution in [3.8, 4) is 0 Å². The van der Waals surface area contributed by atoms with Crippen molar-refractivity contribution in [2.24, 2.45) is 0 Å². The Bertz CT molecular complexity index is 924. The highest BCUT2D eigenvalue weighted by molar-refractivity contribution is 8.00. The van der Waals surface area contributed by atoms with Gasteiger partial charge in [-0.3, -0.25) is 4.79 Å². The maximum Gasteiger partial charge on any atom is 0.234 e. The highest BCUT2D eigenvalue weighted by Crippen LogP contribution is 2.31. The molecule has 0 aliphatic heterocycles. The zero-order valence-electron chi connectivity index (χ0n) is 15.2. The lowest BCUT2D eigenvalue weighted by molar-refractivity contribution is -0.113. The third-order valence-corrected chi connectivity index (χ3v) is 6.07. The van der Waals surface area contributed by atoms with Crippen LogP contribution in [-0.4, -0.2) is 11.7 Å². The number of carbonyl (C=O) groups is 1. The monoisotopic (exact) mass is 397 g/mol. The van der Waals surface area contributed by atoms with E-state index in [2.05, 4.69) is 37.4 Å². The summed E-state index contributed by atoms with van der Waals surface area (Å²) in [6.07, 6.45) is 0. The van der Waals surface area contributed by atoms with E-state index in [0.717, 1.165) is 15.5 Å². The number of hydrogen-bond donors (Lipinski definition) is 1. The van der Waals surface area contributed by atoms with E-state index >= 15 is 0 Å². The Kier molecular flexibility index (Phi) is 6.58. The molecule has 0 bridgehead atoms. The molecule has 0 radical (unpaired) electrons. The van der Waals surface area contributed by atoms with E-state index in [1.165, 1.54) is 39.9 Å². The predicted molar refractivity (Wildman–Crippen MR) is 112 cm³/mol. The minimum Gasteiger partial charge on any atom is -0.325 e. The Morgan fingerprint density at radius 2 is 1.59 bits per heavy atom. The quantitative estimate of drug-likeness (QED) is 0.493. The third-order valence-electron chi connectivity index (χ3n) is 3.89. The van der Waals surface area contributed by atoms with Crippen molar-refractivity contribution in [2.45, 2.75) is 28.5 Å². The number of nitrogens with one attached hydrogen (secondary N) is 1. The summed E-state index contributed by atoms with van der Waals surface area (Å²) in [6, 6.07) is 20.4. The average Bonchev–Trinajstić information content (AvgIpc) is 2.66. The van der Waals surface area contributed by atoms with Crippen molar-refractivity contribution in [3.63, 3.8) is 0 Å². The lowest BCUT2D eigenvalue weighted by Crippen LogP contribution is -2.13. The highest BCUT2D eigenvalue weighted by Gasteiger charge is 2.06. The van der Waals surface area contributed by atoms with Gasteiger partial charge in [-0.2, -0.15) is 0 Å². The second-order valence-corrected chi connectivity index (χ2v) is 8.35. The van der Waals surface area contributed by atoms with Gasteiger partial charge in [0.25, 0.3) is 0 Å². The lowest BCUT2D eigenvalue weighted by atomic mass is 10.2. The van der Waals surface area contributed by atoms with Gasteiger partial charge in [-0.25, -0.2) is 4.39 Å². The number of halogens is 1. The first-order valence-electron chi connectivity index (χ1n) is 8.53. The Balaban J connectivity index is 1.54. The van der Waals surface area contributed by atoms with Gasteiger partial charge in [0.05, 0.1) is 5.75 Å². The second-order valence-electron chi connectivity index (χ2n) is 6.19. The molecule has 138 valence electrons. The first kappa shape index (κ1) is 19.5. The first-order valence-corrected chi connectivity index (χ1v) is 10.3. The third kappa shape index (κ3) is 5.88. The fourth-order valence-corrected chi connectivity index (χ4v) is 4.13. The lowest BCUT2D eigenvalue weighted by Gasteiger charge is -2.09. The van der Waals surface area contributed by atoms with E-state index in [1.807, 2.05) is 24.3 Å². The molecule has 1 N–H and O–H groups in total. The molecule has 0 fully saturated rings. The summed E-state index contributed by atoms with van der Waals surface area (Å²) in [5.41, 5.74) is 3.26. The van der Waals surface area contributed by atoms with E-state index in [1.54, 1.807) is 23.9 Å². The summed E-state index contributed by atoms with van der Waals surface area (Å²) in [5, 5.41) is 2.89. The second kappa shape index (κ2) is 9.11. The molecule has 0 saturated heterocycles. The van der Waals surface area contributed by atoms with Crippen LogP contribution in [0.4, 0.5) is 10.1 Å². The number of hydrogen-bond acceptors (Lipinski definition) is 3. The smallest absolute Gasteiger partial charge is 0.234 e. The van der Waals surface area contributed by atoms with Crippen molar-refractivity contribution >= 4 is 35.1 Å². The SMILES string of the molecule is Cc1ccc(C)c(Sc2ccc(NC(=O)CSc3ccc(F)cc3)cc2)c1. The molecule has 5 heteroatoms. The van der Waals surface area contributed by atoms with Gasteiger partial charge in [0.15, 0.2) is 0 Å². The molecular formula is C22H20FNOS2. The normalized spacial score (nSPS) is 10.6. The largest absolute Gasteiger partial charge is 0.325 e. The van der Waals surface area contributed by atoms with Gasteiger partial charge < -0.3 is 5.32 Å². The number of rotatable bonds is 6. The summed E-state index contributed by atoms with van der Waals surface area (Å²) in [5.74, 6) is -0.0770. The van der Waals surface area contributed by atoms with E-state index in [0.29, 0.717) is 0 Å². The minimum absolute atomic E-state index is 0.0840. The van der Waals surface area contributed by atoms with Crippen molar-refractivity contribution < 1.29 is 9.18 Å². The van der Waals surface area contributed by atoms with Crippen LogP contribution in [0.3, 0.4) is 0 Å². The van der Waals surface area contributed by atoms with Gasteiger partial charge >= 0.3 is 0 Å². The molecule has 0 atom stereocenters. The topological polar surface area (TPSA) is 29.1 Å². The van der Waals surface area contributed by atoms with Gasteiger partial charge in [-0.15, -0.1) is 11.8 Å². The van der Waals surface area contributed by atoms with Crippen LogP contribution in [-0.2, 0) is 4.79 Å². The van der Waals surface area contributed by atoms with Gasteiger partial charge in [0.1, 0.15) is 5.82 Å². The van der Waals surface area contributed by atoms with Crippen LogP contribution >= 0.6 is 23.5 Å². The fourth-order valence-electron chi connectivity index (χ4n) is 2.43. The first-order chi connectivity index (χ1) is 13.0. The molecular weight excluding hydrogens is 377 g/mol. The van der Waals surface area contributed by atoms with Crippen LogP contribution in [0.15, 0.2) is 81.4 Å². The van der Waals surface area contributed by atoms with Gasteiger partial charge in [-0.05, 0) is 79.6 Å². The van der Waals surface area contributed by atoms with Crippen molar-refractivity contribution in [2.75, 3.05) is 11.1 Å². The zero-order valence-corrected chi connectivity index (χ0v) is 16.8. The minimum atomic E-state index is -0.275. The van der Waals surface area contributed by atoms with Crippen molar-refractivity contribution in [1.29, 1.82) is 0 Å². The summed E-state index contributed by atoms with van der Waals surface area (Å²) < 4.78 is 12.9. The van der Waals surface area contributed by atoms with E-state index in [-0.39, 0.29) is 17.5 Å². The molecule has 3 aromatic carbocycles. The summed E-state index contributed by atoms with van der Waals surface area (Å²) in [4.78, 5) is 15.3. The van der Waals surface area contributed by atoms with Crippen LogP contribution in [0.25, 0.3) is 0 Å². The van der Waals surface area contributed by atoms with Crippen LogP contribution < -0.4 is 5.32 Å². The molecule has 3 rings (SSSR count). The van der Waals surface area contributed by atoms with Crippen LogP contribution in [0.1, 0.15) is 11.1 Å².